The lowest BCUT2D eigenvalue weighted by Gasteiger charge is -2.44. The van der Waals surface area contributed by atoms with E-state index in [-0.39, 0.29) is 6.61 Å². The molecule has 106 valence electrons. The van der Waals surface area contributed by atoms with Crippen LogP contribution in [0.2, 0.25) is 0 Å². The average Bonchev–Trinajstić information content (AvgIpc) is 2.53. The number of hydrogen-bond donors (Lipinski definition) is 1. The van der Waals surface area contributed by atoms with E-state index in [4.69, 9.17) is 14.2 Å². The van der Waals surface area contributed by atoms with Gasteiger partial charge in [0.25, 0.3) is 0 Å². The van der Waals surface area contributed by atoms with Gasteiger partial charge in [0.2, 0.25) is 5.60 Å². The summed E-state index contributed by atoms with van der Waals surface area (Å²) in [5.41, 5.74) is -3.25. The van der Waals surface area contributed by atoms with Crippen LogP contribution in [0, 0.1) is 0 Å². The van der Waals surface area contributed by atoms with E-state index in [1.54, 1.807) is 0 Å². The molecule has 2 saturated heterocycles. The van der Waals surface area contributed by atoms with Crippen molar-refractivity contribution in [2.75, 3.05) is 13.7 Å². The van der Waals surface area contributed by atoms with Gasteiger partial charge in [0.15, 0.2) is 12.1 Å². The third-order valence-electron chi connectivity index (χ3n) is 3.06. The molecule has 2 heterocycles. The first kappa shape index (κ1) is 14.0. The van der Waals surface area contributed by atoms with Crippen molar-refractivity contribution in [3.05, 3.63) is 0 Å². The minimum atomic E-state index is -4.96. The van der Waals surface area contributed by atoms with E-state index >= 15 is 0 Å². The lowest BCUT2D eigenvalue weighted by atomic mass is 9.89. The van der Waals surface area contributed by atoms with Gasteiger partial charge in [-0.1, -0.05) is 0 Å². The molecule has 0 aromatic rings. The Balaban J connectivity index is 2.38. The van der Waals surface area contributed by atoms with E-state index in [1.165, 1.54) is 13.8 Å². The maximum absolute atomic E-state index is 13.1. The number of alkyl halides is 3. The van der Waals surface area contributed by atoms with E-state index < -0.39 is 36.1 Å². The van der Waals surface area contributed by atoms with Crippen LogP contribution in [0.3, 0.4) is 0 Å². The standard InChI is InChI=1S/C10H15F3O5/c1-8(2)17-5-4-16-7(15-3)9(14,6(5)18-8)10(11,12)13/h5-7,14H,4H2,1-3H3/t5-,6-,7-,9-/m0/s1. The summed E-state index contributed by atoms with van der Waals surface area (Å²) in [4.78, 5) is 0. The zero-order valence-electron chi connectivity index (χ0n) is 10.2. The number of rotatable bonds is 1. The summed E-state index contributed by atoms with van der Waals surface area (Å²) < 4.78 is 59.2. The van der Waals surface area contributed by atoms with Crippen molar-refractivity contribution in [1.29, 1.82) is 0 Å². The smallest absolute Gasteiger partial charge is 0.375 e. The van der Waals surface area contributed by atoms with Crippen molar-refractivity contribution >= 4 is 0 Å². The Morgan fingerprint density at radius 3 is 2.39 bits per heavy atom. The number of aliphatic hydroxyl groups is 1. The van der Waals surface area contributed by atoms with E-state index in [2.05, 4.69) is 4.74 Å². The third kappa shape index (κ3) is 1.92. The molecular formula is C10H15F3O5. The summed E-state index contributed by atoms with van der Waals surface area (Å²) in [6, 6.07) is 0. The van der Waals surface area contributed by atoms with Crippen molar-refractivity contribution in [3.8, 4) is 0 Å². The van der Waals surface area contributed by atoms with Crippen molar-refractivity contribution in [2.24, 2.45) is 0 Å². The fourth-order valence-electron chi connectivity index (χ4n) is 2.32. The Hall–Kier alpha value is -0.410. The van der Waals surface area contributed by atoms with E-state index in [1.807, 2.05) is 0 Å². The van der Waals surface area contributed by atoms with Crippen molar-refractivity contribution in [2.45, 2.75) is 49.9 Å². The van der Waals surface area contributed by atoms with Gasteiger partial charge in [-0.2, -0.15) is 13.2 Å². The van der Waals surface area contributed by atoms with Crippen molar-refractivity contribution < 1.29 is 37.2 Å². The predicted octanol–water partition coefficient (Wildman–Crippen LogP) is 0.803. The molecule has 0 radical (unpaired) electrons. The third-order valence-corrected chi connectivity index (χ3v) is 3.06. The highest BCUT2D eigenvalue weighted by Gasteiger charge is 2.71. The molecule has 4 atom stereocenters. The Kier molecular flexibility index (Phi) is 3.14. The van der Waals surface area contributed by atoms with Crippen LogP contribution in [0.5, 0.6) is 0 Å². The molecule has 0 aliphatic carbocycles. The quantitative estimate of drug-likeness (QED) is 0.765. The van der Waals surface area contributed by atoms with Gasteiger partial charge < -0.3 is 24.1 Å². The van der Waals surface area contributed by atoms with Crippen LogP contribution in [0.1, 0.15) is 13.8 Å². The SMILES string of the molecule is CO[C@H]1OC[C@@H]2OC(C)(C)O[C@@H]2[C@@]1(O)C(F)(F)F. The molecule has 18 heavy (non-hydrogen) atoms. The molecule has 0 saturated carbocycles. The average molecular weight is 272 g/mol. The minimum absolute atomic E-state index is 0.134. The first-order valence-corrected chi connectivity index (χ1v) is 5.41. The molecule has 2 rings (SSSR count). The number of ether oxygens (including phenoxy) is 4. The van der Waals surface area contributed by atoms with E-state index in [0.717, 1.165) is 7.11 Å². The summed E-state index contributed by atoms with van der Waals surface area (Å²) in [6.45, 7) is 2.82. The second kappa shape index (κ2) is 4.04. The number of methoxy groups -OCH3 is 1. The molecule has 0 spiro atoms. The summed E-state index contributed by atoms with van der Waals surface area (Å²) in [5, 5.41) is 9.99. The van der Waals surface area contributed by atoms with Gasteiger partial charge in [0.1, 0.15) is 12.2 Å². The Morgan fingerprint density at radius 1 is 1.28 bits per heavy atom. The minimum Gasteiger partial charge on any atom is -0.375 e. The molecule has 5 nitrogen and oxygen atoms in total. The second-order valence-electron chi connectivity index (χ2n) is 4.82. The number of halogens is 3. The lowest BCUT2D eigenvalue weighted by Crippen LogP contribution is -2.69. The maximum atomic E-state index is 13.1. The summed E-state index contributed by atoms with van der Waals surface area (Å²) in [7, 11) is 1.03. The molecule has 8 heteroatoms. The molecule has 0 amide bonds. The lowest BCUT2D eigenvalue weighted by molar-refractivity contribution is -0.385. The van der Waals surface area contributed by atoms with Gasteiger partial charge in [-0.3, -0.25) is 0 Å². The van der Waals surface area contributed by atoms with Crippen molar-refractivity contribution in [3.63, 3.8) is 0 Å². The monoisotopic (exact) mass is 272 g/mol. The number of hydrogen-bond acceptors (Lipinski definition) is 5. The molecule has 0 aromatic carbocycles. The molecule has 0 aromatic heterocycles. The Labute approximate surface area is 102 Å². The molecule has 2 fully saturated rings. The first-order valence-electron chi connectivity index (χ1n) is 5.41. The highest BCUT2D eigenvalue weighted by atomic mass is 19.4. The van der Waals surface area contributed by atoms with Gasteiger partial charge >= 0.3 is 6.18 Å². The predicted molar refractivity (Wildman–Crippen MR) is 51.6 cm³/mol. The normalized spacial score (nSPS) is 43.8. The molecule has 0 unspecified atom stereocenters. The molecule has 0 bridgehead atoms. The molecular weight excluding hydrogens is 257 g/mol. The van der Waals surface area contributed by atoms with Gasteiger partial charge in [-0.25, -0.2) is 0 Å². The van der Waals surface area contributed by atoms with Crippen LogP contribution in [0.25, 0.3) is 0 Å². The van der Waals surface area contributed by atoms with Gasteiger partial charge in [-0.05, 0) is 13.8 Å². The largest absolute Gasteiger partial charge is 0.425 e. The van der Waals surface area contributed by atoms with Crippen molar-refractivity contribution in [1.82, 2.24) is 0 Å². The highest BCUT2D eigenvalue weighted by molar-refractivity contribution is 5.06. The van der Waals surface area contributed by atoms with Gasteiger partial charge in [0.05, 0.1) is 6.61 Å². The zero-order valence-corrected chi connectivity index (χ0v) is 10.2. The summed E-state index contributed by atoms with van der Waals surface area (Å²) in [5.74, 6) is -1.21. The maximum Gasteiger partial charge on any atom is 0.425 e. The van der Waals surface area contributed by atoms with Crippen LogP contribution in [0.15, 0.2) is 0 Å². The van der Waals surface area contributed by atoms with Crippen LogP contribution >= 0.6 is 0 Å². The summed E-state index contributed by atoms with van der Waals surface area (Å²) in [6.07, 6.45) is -9.36. The first-order chi connectivity index (χ1) is 8.12. The second-order valence-corrected chi connectivity index (χ2v) is 4.82. The molecule has 1 N–H and O–H groups in total. The Morgan fingerprint density at radius 2 is 1.89 bits per heavy atom. The van der Waals surface area contributed by atoms with Crippen LogP contribution in [0.4, 0.5) is 13.2 Å². The van der Waals surface area contributed by atoms with Crippen LogP contribution < -0.4 is 0 Å². The molecule has 2 aliphatic heterocycles. The zero-order chi connectivity index (χ0) is 13.8. The number of fused-ring (bicyclic) bond motifs is 1. The van der Waals surface area contributed by atoms with Crippen LogP contribution in [-0.4, -0.2) is 54.9 Å². The topological polar surface area (TPSA) is 57.2 Å². The van der Waals surface area contributed by atoms with Gasteiger partial charge in [0, 0.05) is 7.11 Å². The summed E-state index contributed by atoms with van der Waals surface area (Å²) >= 11 is 0. The van der Waals surface area contributed by atoms with E-state index in [0.29, 0.717) is 0 Å². The van der Waals surface area contributed by atoms with E-state index in [9.17, 15) is 18.3 Å². The molecule has 2 aliphatic rings. The fourth-order valence-corrected chi connectivity index (χ4v) is 2.32. The Bertz CT molecular complexity index is 332. The highest BCUT2D eigenvalue weighted by Crippen LogP contribution is 2.47. The van der Waals surface area contributed by atoms with Crippen LogP contribution in [-0.2, 0) is 18.9 Å². The fraction of sp³-hybridized carbons (Fsp3) is 1.00. The van der Waals surface area contributed by atoms with Gasteiger partial charge in [-0.15, -0.1) is 0 Å².